The van der Waals surface area contributed by atoms with Gasteiger partial charge in [-0.1, -0.05) is 44.0 Å². The summed E-state index contributed by atoms with van der Waals surface area (Å²) in [7, 11) is 0. The largest absolute Gasteiger partial charge is 0.494 e. The van der Waals surface area contributed by atoms with E-state index in [4.69, 9.17) is 4.74 Å². The predicted molar refractivity (Wildman–Crippen MR) is 82.9 cm³/mol. The van der Waals surface area contributed by atoms with E-state index in [1.54, 1.807) is 18.2 Å². The summed E-state index contributed by atoms with van der Waals surface area (Å²) in [5.74, 6) is 0.675. The highest BCUT2D eigenvalue weighted by molar-refractivity contribution is 9.11. The van der Waals surface area contributed by atoms with Gasteiger partial charge in [-0.15, -0.1) is 0 Å². The third-order valence-corrected chi connectivity index (χ3v) is 3.77. The molecule has 0 aliphatic heterocycles. The Kier molecular flexibility index (Phi) is 4.77. The highest BCUT2D eigenvalue weighted by Gasteiger charge is 2.13. The van der Waals surface area contributed by atoms with Crippen LogP contribution in [0, 0.1) is 0 Å². The molecular weight excluding hydrogens is 372 g/mol. The van der Waals surface area contributed by atoms with Crippen LogP contribution in [0.25, 0.3) is 0 Å². The first-order valence-electron chi connectivity index (χ1n) is 5.84. The van der Waals surface area contributed by atoms with Crippen LogP contribution in [0.1, 0.15) is 22.8 Å². The number of rotatable bonds is 4. The summed E-state index contributed by atoms with van der Waals surface area (Å²) in [5, 5.41) is 0. The molecule has 0 radical (unpaired) electrons. The molecule has 0 bridgehead atoms. The highest BCUT2D eigenvalue weighted by Crippen LogP contribution is 2.25. The minimum atomic E-state index is -0.0327. The minimum Gasteiger partial charge on any atom is -0.494 e. The van der Waals surface area contributed by atoms with Crippen molar-refractivity contribution in [3.8, 4) is 5.75 Å². The smallest absolute Gasteiger partial charge is 0.194 e. The second-order valence-corrected chi connectivity index (χ2v) is 5.68. The zero-order valence-corrected chi connectivity index (χ0v) is 13.5. The first-order valence-corrected chi connectivity index (χ1v) is 7.43. The Balaban J connectivity index is 2.38. The summed E-state index contributed by atoms with van der Waals surface area (Å²) >= 11 is 6.78. The van der Waals surface area contributed by atoms with Crippen LogP contribution in [0.4, 0.5) is 0 Å². The first kappa shape index (κ1) is 14.3. The molecule has 98 valence electrons. The van der Waals surface area contributed by atoms with Gasteiger partial charge in [-0.2, -0.15) is 0 Å². The van der Waals surface area contributed by atoms with Crippen LogP contribution in [0.5, 0.6) is 5.75 Å². The minimum absolute atomic E-state index is 0.0327. The quantitative estimate of drug-likeness (QED) is 0.706. The van der Waals surface area contributed by atoms with E-state index in [0.29, 0.717) is 23.5 Å². The fourth-order valence-corrected chi connectivity index (χ4v) is 2.51. The lowest BCUT2D eigenvalue weighted by molar-refractivity contribution is 0.103. The summed E-state index contributed by atoms with van der Waals surface area (Å²) < 4.78 is 7.07. The van der Waals surface area contributed by atoms with Crippen molar-refractivity contribution in [2.24, 2.45) is 0 Å². The third-order valence-electron chi connectivity index (χ3n) is 2.58. The molecule has 0 saturated carbocycles. The lowest BCUT2D eigenvalue weighted by atomic mass is 10.0. The molecule has 2 nitrogen and oxygen atoms in total. The zero-order valence-electron chi connectivity index (χ0n) is 10.3. The number of carbonyl (C=O) groups is 1. The van der Waals surface area contributed by atoms with Crippen LogP contribution in [-0.4, -0.2) is 12.4 Å². The normalized spacial score (nSPS) is 10.3. The third kappa shape index (κ3) is 3.45. The van der Waals surface area contributed by atoms with Gasteiger partial charge in [0.25, 0.3) is 0 Å². The van der Waals surface area contributed by atoms with Crippen LogP contribution in [0.3, 0.4) is 0 Å². The Morgan fingerprint density at radius 3 is 2.68 bits per heavy atom. The van der Waals surface area contributed by atoms with E-state index in [0.717, 1.165) is 8.95 Å². The Bertz CT molecular complexity index is 609. The van der Waals surface area contributed by atoms with Gasteiger partial charge < -0.3 is 4.74 Å². The molecule has 0 heterocycles. The molecule has 2 aromatic rings. The summed E-state index contributed by atoms with van der Waals surface area (Å²) in [4.78, 5) is 12.5. The van der Waals surface area contributed by atoms with Gasteiger partial charge in [-0.25, -0.2) is 0 Å². The number of halogens is 2. The molecule has 0 aromatic heterocycles. The second-order valence-electron chi connectivity index (χ2n) is 3.91. The van der Waals surface area contributed by atoms with Crippen molar-refractivity contribution in [3.63, 3.8) is 0 Å². The van der Waals surface area contributed by atoms with Crippen LogP contribution in [0.15, 0.2) is 51.4 Å². The van der Waals surface area contributed by atoms with Crippen molar-refractivity contribution in [1.29, 1.82) is 0 Å². The van der Waals surface area contributed by atoms with Crippen molar-refractivity contribution in [2.45, 2.75) is 6.92 Å². The molecule has 0 spiro atoms. The molecule has 0 fully saturated rings. The Hall–Kier alpha value is -1.13. The van der Waals surface area contributed by atoms with E-state index >= 15 is 0 Å². The van der Waals surface area contributed by atoms with E-state index in [1.807, 2.05) is 31.2 Å². The molecule has 0 unspecified atom stereocenters. The lowest BCUT2D eigenvalue weighted by Gasteiger charge is -2.07. The number of ketones is 1. The predicted octanol–water partition coefficient (Wildman–Crippen LogP) is 4.84. The molecule has 19 heavy (non-hydrogen) atoms. The fraction of sp³-hybridized carbons (Fsp3) is 0.133. The van der Waals surface area contributed by atoms with Gasteiger partial charge in [0.05, 0.1) is 6.61 Å². The van der Waals surface area contributed by atoms with Gasteiger partial charge in [0, 0.05) is 20.1 Å². The van der Waals surface area contributed by atoms with Gasteiger partial charge >= 0.3 is 0 Å². The average Bonchev–Trinajstić information content (AvgIpc) is 2.41. The highest BCUT2D eigenvalue weighted by atomic mass is 79.9. The maximum absolute atomic E-state index is 12.5. The van der Waals surface area contributed by atoms with Gasteiger partial charge in [0.2, 0.25) is 0 Å². The van der Waals surface area contributed by atoms with E-state index < -0.39 is 0 Å². The van der Waals surface area contributed by atoms with Crippen LogP contribution in [-0.2, 0) is 0 Å². The van der Waals surface area contributed by atoms with Crippen molar-refractivity contribution >= 4 is 37.6 Å². The maximum atomic E-state index is 12.5. The Morgan fingerprint density at radius 2 is 1.95 bits per heavy atom. The summed E-state index contributed by atoms with van der Waals surface area (Å²) in [6.07, 6.45) is 0. The zero-order chi connectivity index (χ0) is 13.8. The molecule has 0 saturated heterocycles. The Morgan fingerprint density at radius 1 is 1.16 bits per heavy atom. The van der Waals surface area contributed by atoms with E-state index in [2.05, 4.69) is 31.9 Å². The molecule has 0 atom stereocenters. The average molecular weight is 384 g/mol. The SMILES string of the molecule is CCOc1cccc(C(=O)c2cc(Br)ccc2Br)c1. The lowest BCUT2D eigenvalue weighted by Crippen LogP contribution is -2.03. The Labute approximate surface area is 129 Å². The number of hydrogen-bond acceptors (Lipinski definition) is 2. The number of hydrogen-bond donors (Lipinski definition) is 0. The van der Waals surface area contributed by atoms with E-state index in [9.17, 15) is 4.79 Å². The second kappa shape index (κ2) is 6.35. The van der Waals surface area contributed by atoms with Gasteiger partial charge in [0.1, 0.15) is 5.75 Å². The topological polar surface area (TPSA) is 26.3 Å². The number of carbonyl (C=O) groups excluding carboxylic acids is 1. The molecule has 2 rings (SSSR count). The molecule has 4 heteroatoms. The van der Waals surface area contributed by atoms with Crippen molar-refractivity contribution in [2.75, 3.05) is 6.61 Å². The van der Waals surface area contributed by atoms with Crippen molar-refractivity contribution in [1.82, 2.24) is 0 Å². The van der Waals surface area contributed by atoms with Crippen LogP contribution < -0.4 is 4.74 Å². The molecule has 0 amide bonds. The van der Waals surface area contributed by atoms with Crippen LogP contribution >= 0.6 is 31.9 Å². The summed E-state index contributed by atoms with van der Waals surface area (Å²) in [6.45, 7) is 2.50. The van der Waals surface area contributed by atoms with Crippen molar-refractivity contribution < 1.29 is 9.53 Å². The summed E-state index contributed by atoms with van der Waals surface area (Å²) in [6, 6.07) is 12.8. The van der Waals surface area contributed by atoms with Crippen molar-refractivity contribution in [3.05, 3.63) is 62.5 Å². The maximum Gasteiger partial charge on any atom is 0.194 e. The molecular formula is C15H12Br2O2. The first-order chi connectivity index (χ1) is 9.11. The number of ether oxygens (including phenoxy) is 1. The molecule has 0 aliphatic carbocycles. The van der Waals surface area contributed by atoms with Gasteiger partial charge in [-0.3, -0.25) is 4.79 Å². The standard InChI is InChI=1S/C15H12Br2O2/c1-2-19-12-5-3-4-10(8-12)15(18)13-9-11(16)6-7-14(13)17/h3-9H,2H2,1H3. The molecule has 0 aliphatic rings. The molecule has 2 aromatic carbocycles. The molecule has 0 N–H and O–H groups in total. The van der Waals surface area contributed by atoms with E-state index in [-0.39, 0.29) is 5.78 Å². The van der Waals surface area contributed by atoms with Gasteiger partial charge in [-0.05, 0) is 37.3 Å². The van der Waals surface area contributed by atoms with Gasteiger partial charge in [0.15, 0.2) is 5.78 Å². The number of benzene rings is 2. The summed E-state index contributed by atoms with van der Waals surface area (Å²) in [5.41, 5.74) is 1.24. The fourth-order valence-electron chi connectivity index (χ4n) is 1.72. The van der Waals surface area contributed by atoms with E-state index in [1.165, 1.54) is 0 Å². The monoisotopic (exact) mass is 382 g/mol. The van der Waals surface area contributed by atoms with Crippen LogP contribution in [0.2, 0.25) is 0 Å².